The summed E-state index contributed by atoms with van der Waals surface area (Å²) in [5.74, 6) is -14.0. The monoisotopic (exact) mass is 1980 g/mol. The molecule has 145 heavy (non-hydrogen) atoms. The third-order valence-electron chi connectivity index (χ3n) is 18.3. The van der Waals surface area contributed by atoms with Crippen molar-refractivity contribution in [1.82, 2.24) is 0 Å². The van der Waals surface area contributed by atoms with Gasteiger partial charge in [-0.1, -0.05) is 170 Å². The minimum absolute atomic E-state index is 0.0979. The highest BCUT2D eigenvalue weighted by atomic mass is 19.2. The fourth-order valence-electron chi connectivity index (χ4n) is 11.0. The number of benzene rings is 12. The van der Waals surface area contributed by atoms with Crippen LogP contribution in [0.3, 0.4) is 0 Å². The molecule has 0 saturated heterocycles. The van der Waals surface area contributed by atoms with Gasteiger partial charge in [0.2, 0.25) is 0 Å². The van der Waals surface area contributed by atoms with Gasteiger partial charge in [0.1, 0.15) is 34.6 Å². The molecule has 0 aliphatic carbocycles. The zero-order chi connectivity index (χ0) is 107. The van der Waals surface area contributed by atoms with Gasteiger partial charge in [0.25, 0.3) is 0 Å². The Labute approximate surface area is 825 Å². The fourth-order valence-corrected chi connectivity index (χ4v) is 11.0. The normalized spacial score (nSPS) is 9.94. The van der Waals surface area contributed by atoms with E-state index in [1.807, 2.05) is 24.3 Å². The van der Waals surface area contributed by atoms with Crippen LogP contribution < -0.4 is 56.8 Å². The predicted octanol–water partition coefficient (Wildman–Crippen LogP) is 24.3. The van der Waals surface area contributed by atoms with Crippen molar-refractivity contribution in [2.75, 3.05) is 0 Å². The maximum atomic E-state index is 14.2. The summed E-state index contributed by atoms with van der Waals surface area (Å²) in [7, 11) is 0. The second-order valence-corrected chi connectivity index (χ2v) is 29.5. The van der Waals surface area contributed by atoms with E-state index in [4.69, 9.17) is 56.8 Å². The summed E-state index contributed by atoms with van der Waals surface area (Å²) in [6, 6.07) is 58.2. The summed E-state index contributed by atoms with van der Waals surface area (Å²) >= 11 is 0. The summed E-state index contributed by atoms with van der Waals surface area (Å²) in [5.41, 5.74) is 6.99. The molecule has 0 atom stereocenters. The molecule has 0 saturated carbocycles. The van der Waals surface area contributed by atoms with Crippen molar-refractivity contribution < 1.29 is 150 Å². The molecular formula is C113H86F8O24. The van der Waals surface area contributed by atoms with Crippen LogP contribution in [0.1, 0.15) is 34.6 Å². The number of rotatable bonds is 30. The van der Waals surface area contributed by atoms with Crippen LogP contribution in [0.5, 0.6) is 69.0 Å². The lowest BCUT2D eigenvalue weighted by Gasteiger charge is -2.09. The van der Waals surface area contributed by atoms with Gasteiger partial charge in [-0.15, -0.1) is 0 Å². The maximum absolute atomic E-state index is 14.2. The van der Waals surface area contributed by atoms with Crippen LogP contribution >= 0.6 is 0 Å². The van der Waals surface area contributed by atoms with E-state index in [-0.39, 0.29) is 73.9 Å². The summed E-state index contributed by atoms with van der Waals surface area (Å²) < 4.78 is 171. The van der Waals surface area contributed by atoms with Gasteiger partial charge in [-0.25, -0.2) is 92.7 Å². The van der Waals surface area contributed by atoms with Crippen LogP contribution in [0.15, 0.2) is 392 Å². The zero-order valence-corrected chi connectivity index (χ0v) is 77.9. The summed E-state index contributed by atoms with van der Waals surface area (Å²) in [6.45, 7) is 47.4. The number of hydrogen-bond acceptors (Lipinski definition) is 24. The van der Waals surface area contributed by atoms with E-state index in [2.05, 4.69) is 78.9 Å². The van der Waals surface area contributed by atoms with Crippen LogP contribution in [0.25, 0.3) is 66.8 Å². The highest BCUT2D eigenvalue weighted by molar-refractivity contribution is 5.93. The molecule has 12 aromatic rings. The molecule has 12 rings (SSSR count). The number of halogens is 8. The Kier molecular flexibility index (Phi) is 42.4. The average Bonchev–Trinajstić information content (AvgIpc) is 0.829. The Hall–Kier alpha value is -19.4. The third kappa shape index (κ3) is 35.2. The van der Waals surface area contributed by atoms with Crippen LogP contribution in [0, 0.1) is 46.5 Å². The lowest BCUT2D eigenvalue weighted by Crippen LogP contribution is -2.09. The number of esters is 12. The van der Waals surface area contributed by atoms with Crippen LogP contribution in [0.2, 0.25) is 0 Å². The standard InChI is InChI=1S/C20H16F2O4.2C19H14F2O4.C19H15FO4.C18H13FO4.C18H14O4/c1-11(2)19(23)25-17-7-5-13(9-15(17)21)14-6-8-18(16(22)10-14)26-20(24)12(3)4;2*1-4-18(22)24-16-7-5-12(9-14(16)20)13-6-8-17(15(21)10-13)25-19(23)11(2)3;1-4-18(21)23-14-7-5-13(6-8-14)16-10-9-15(11-17(16)20)24-19(22)12(2)3;1-3-17(20)22-14-8-5-12(6-9-14)13-7-10-16(15(19)11-13)23-18(21)4-2;1-3-17(19)21-15-9-5-13(6-10-15)14-7-11-16(12-8-14)22-18(20)4-2/h5-10H,1,3H2,2,4H3;2*4-10H,1-2H2,3H3;4-11H,1-2H2,3H3;3-11H,1-2H2;3-12H,1-2H2. The number of ether oxygens (including phenoxy) is 12. The molecule has 0 N–H and O–H groups in total. The first-order chi connectivity index (χ1) is 68.9. The first kappa shape index (κ1) is 113. The molecular weight excluding hydrogens is 1890 g/mol. The quantitative estimate of drug-likeness (QED) is 0.0175. The van der Waals surface area contributed by atoms with Gasteiger partial charge in [0.15, 0.2) is 81.0 Å². The summed E-state index contributed by atoms with van der Waals surface area (Å²) in [4.78, 5) is 135. The molecule has 0 bridgehead atoms. The van der Waals surface area contributed by atoms with Crippen molar-refractivity contribution in [3.63, 3.8) is 0 Å². The SMILES string of the molecule is C=C(C)C(=O)Oc1ccc(-c2ccc(OC(=O)C(=C)C)c(F)c2)cc1F.C=CC(=O)Oc1ccc(-c2ccc(OC(=O)C(=C)C)c(F)c2)cc1F.C=CC(=O)Oc1ccc(-c2ccc(OC(=O)C(=C)C)c(F)c2)cc1F.C=CC(=O)Oc1ccc(-c2ccc(OC(=O)C(=C)C)cc2F)cc1.C=CC(=O)Oc1ccc(-c2ccc(OC(=O)C=C)c(F)c2)cc1.C=CC(=O)Oc1ccc(-c2ccc(OC(=O)C=C)cc2)cc1. The van der Waals surface area contributed by atoms with Crippen molar-refractivity contribution in [1.29, 1.82) is 0 Å². The molecule has 738 valence electrons. The Morgan fingerprint density at radius 2 is 0.338 bits per heavy atom. The zero-order valence-electron chi connectivity index (χ0n) is 77.9. The lowest BCUT2D eigenvalue weighted by molar-refractivity contribution is -0.131. The van der Waals surface area contributed by atoms with Gasteiger partial charge in [-0.3, -0.25) is 0 Å². The highest BCUT2D eigenvalue weighted by Crippen LogP contribution is 2.37. The Morgan fingerprint density at radius 1 is 0.179 bits per heavy atom. The first-order valence-corrected chi connectivity index (χ1v) is 41.9. The topological polar surface area (TPSA) is 316 Å². The minimum Gasteiger partial charge on any atom is -0.423 e. The Balaban J connectivity index is 0.000000236. The van der Waals surface area contributed by atoms with Gasteiger partial charge in [0, 0.05) is 82.0 Å². The van der Waals surface area contributed by atoms with E-state index in [0.29, 0.717) is 78.6 Å². The largest absolute Gasteiger partial charge is 0.423 e. The molecule has 32 heteroatoms. The van der Waals surface area contributed by atoms with Gasteiger partial charge in [-0.2, -0.15) is 0 Å². The molecule has 0 aliphatic heterocycles. The van der Waals surface area contributed by atoms with Crippen LogP contribution in [-0.4, -0.2) is 71.6 Å². The van der Waals surface area contributed by atoms with Gasteiger partial charge in [-0.05, 0) is 241 Å². The molecule has 24 nitrogen and oxygen atoms in total. The van der Waals surface area contributed by atoms with E-state index >= 15 is 0 Å². The molecule has 0 radical (unpaired) electrons. The molecule has 12 aromatic carbocycles. The van der Waals surface area contributed by atoms with Crippen LogP contribution in [-0.2, 0) is 57.5 Å². The van der Waals surface area contributed by atoms with Crippen LogP contribution in [0.4, 0.5) is 35.1 Å². The minimum atomic E-state index is -0.790. The summed E-state index contributed by atoms with van der Waals surface area (Å²) in [6.07, 6.45) is 7.11. The Bertz CT molecular complexity index is 6810. The van der Waals surface area contributed by atoms with Crippen molar-refractivity contribution >= 4 is 71.6 Å². The molecule has 0 aromatic heterocycles. The molecule has 0 amide bonds. The van der Waals surface area contributed by atoms with E-state index in [0.717, 1.165) is 96.1 Å². The average molecular weight is 1980 g/mol. The van der Waals surface area contributed by atoms with E-state index in [1.165, 1.54) is 132 Å². The van der Waals surface area contributed by atoms with Crippen molar-refractivity contribution in [2.45, 2.75) is 34.6 Å². The first-order valence-electron chi connectivity index (χ1n) is 41.9. The van der Waals surface area contributed by atoms with Gasteiger partial charge < -0.3 is 56.8 Å². The number of carbonyl (C=O) groups excluding carboxylic acids is 12. The summed E-state index contributed by atoms with van der Waals surface area (Å²) in [5, 5.41) is 0. The second-order valence-electron chi connectivity index (χ2n) is 29.5. The lowest BCUT2D eigenvalue weighted by atomic mass is 10.0. The van der Waals surface area contributed by atoms with Crippen molar-refractivity contribution in [2.24, 2.45) is 0 Å². The van der Waals surface area contributed by atoms with E-state index < -0.39 is 118 Å². The number of hydrogen-bond donors (Lipinski definition) is 0. The Morgan fingerprint density at radius 3 is 0.524 bits per heavy atom. The smallest absolute Gasteiger partial charge is 0.338 e. The second kappa shape index (κ2) is 54.7. The molecule has 0 spiro atoms. The third-order valence-corrected chi connectivity index (χ3v) is 18.3. The van der Waals surface area contributed by atoms with Crippen molar-refractivity contribution in [3.05, 3.63) is 439 Å². The van der Waals surface area contributed by atoms with Gasteiger partial charge >= 0.3 is 71.6 Å². The maximum Gasteiger partial charge on any atom is 0.338 e. The van der Waals surface area contributed by atoms with E-state index in [9.17, 15) is 92.7 Å². The molecule has 0 heterocycles. The predicted molar refractivity (Wildman–Crippen MR) is 524 cm³/mol. The van der Waals surface area contributed by atoms with Crippen molar-refractivity contribution in [3.8, 4) is 136 Å². The fraction of sp³-hybridized carbons (Fsp3) is 0.0442. The van der Waals surface area contributed by atoms with Gasteiger partial charge in [0.05, 0.1) is 0 Å². The molecule has 0 unspecified atom stereocenters. The molecule has 0 fully saturated rings. The highest BCUT2D eigenvalue weighted by Gasteiger charge is 2.22. The molecule has 0 aliphatic rings. The number of carbonyl (C=O) groups is 12. The van der Waals surface area contributed by atoms with E-state index in [1.54, 1.807) is 78.9 Å².